The number of nitriles is 2. The molecule has 2 heteroatoms. The Hall–Kier alpha value is -2.84. The Morgan fingerprint density at radius 1 is 0.864 bits per heavy atom. The fourth-order valence-corrected chi connectivity index (χ4v) is 3.43. The van der Waals surface area contributed by atoms with Crippen molar-refractivity contribution in [3.05, 3.63) is 76.4 Å². The first kappa shape index (κ1) is 14.1. The van der Waals surface area contributed by atoms with Crippen molar-refractivity contribution in [2.75, 3.05) is 0 Å². The molecule has 2 aromatic rings. The van der Waals surface area contributed by atoms with Gasteiger partial charge < -0.3 is 0 Å². The molecule has 0 fully saturated rings. The fraction of sp³-hybridized carbons (Fsp3) is 0.200. The molecule has 1 aliphatic carbocycles. The van der Waals surface area contributed by atoms with Gasteiger partial charge in [-0.05, 0) is 28.2 Å². The van der Waals surface area contributed by atoms with Crippen LogP contribution >= 0.6 is 0 Å². The van der Waals surface area contributed by atoms with E-state index in [0.29, 0.717) is 5.92 Å². The van der Waals surface area contributed by atoms with E-state index < -0.39 is 0 Å². The van der Waals surface area contributed by atoms with Gasteiger partial charge in [0.2, 0.25) is 0 Å². The van der Waals surface area contributed by atoms with Gasteiger partial charge in [-0.2, -0.15) is 10.5 Å². The van der Waals surface area contributed by atoms with Gasteiger partial charge in [0.05, 0.1) is 0 Å². The molecule has 0 unspecified atom stereocenters. The van der Waals surface area contributed by atoms with E-state index in [1.54, 1.807) is 0 Å². The van der Waals surface area contributed by atoms with Crippen LogP contribution in [0.25, 0.3) is 5.57 Å². The van der Waals surface area contributed by atoms with E-state index in [1.807, 2.05) is 36.4 Å². The lowest BCUT2D eigenvalue weighted by atomic mass is 9.70. The van der Waals surface area contributed by atoms with Gasteiger partial charge in [0, 0.05) is 11.5 Å². The normalized spacial score (nSPS) is 15.5. The molecule has 0 N–H and O–H groups in total. The Kier molecular flexibility index (Phi) is 3.53. The second-order valence-electron chi connectivity index (χ2n) is 5.87. The number of allylic oxidation sites excluding steroid dienone is 1. The number of benzene rings is 2. The third-order valence-corrected chi connectivity index (χ3v) is 4.27. The first-order valence-electron chi connectivity index (χ1n) is 7.42. The third kappa shape index (κ3) is 2.01. The Morgan fingerprint density at radius 2 is 1.32 bits per heavy atom. The van der Waals surface area contributed by atoms with Gasteiger partial charge in [-0.1, -0.05) is 62.4 Å². The molecular weight excluding hydrogens is 268 g/mol. The zero-order valence-corrected chi connectivity index (χ0v) is 12.7. The number of hydrogen-bond acceptors (Lipinski definition) is 2. The molecule has 0 saturated heterocycles. The lowest BCUT2D eigenvalue weighted by Crippen LogP contribution is -2.18. The molecule has 0 aliphatic heterocycles. The number of rotatable bonds is 1. The van der Waals surface area contributed by atoms with E-state index in [4.69, 9.17) is 0 Å². The molecule has 2 nitrogen and oxygen atoms in total. The van der Waals surface area contributed by atoms with E-state index in [9.17, 15) is 10.5 Å². The summed E-state index contributed by atoms with van der Waals surface area (Å²) in [7, 11) is 0. The highest BCUT2D eigenvalue weighted by molar-refractivity contribution is 5.91. The Balaban J connectivity index is 2.44. The number of nitrogens with zero attached hydrogens (tertiary/aromatic N) is 2. The van der Waals surface area contributed by atoms with Gasteiger partial charge in [0.1, 0.15) is 17.7 Å². The molecule has 0 amide bonds. The lowest BCUT2D eigenvalue weighted by Gasteiger charge is -2.32. The van der Waals surface area contributed by atoms with Crippen molar-refractivity contribution in [1.82, 2.24) is 0 Å². The zero-order chi connectivity index (χ0) is 15.7. The summed E-state index contributed by atoms with van der Waals surface area (Å²) < 4.78 is 0. The maximum atomic E-state index is 9.37. The Labute approximate surface area is 130 Å². The number of fused-ring (bicyclic) bond motifs is 2. The van der Waals surface area contributed by atoms with E-state index in [-0.39, 0.29) is 11.5 Å². The molecule has 106 valence electrons. The molecule has 1 aliphatic rings. The summed E-state index contributed by atoms with van der Waals surface area (Å²) in [6.45, 7) is 4.42. The standard InChI is InChI=1S/C20H16N2/c1-13(2)19-15-7-3-5-9-17(15)20(14(11-21)12-22)18-10-6-4-8-16(18)19/h3-10,13,19H,1-2H3. The van der Waals surface area contributed by atoms with Crippen LogP contribution in [0.2, 0.25) is 0 Å². The molecule has 0 spiro atoms. The van der Waals surface area contributed by atoms with Crippen LogP contribution in [0.5, 0.6) is 0 Å². The lowest BCUT2D eigenvalue weighted by molar-refractivity contribution is 0.559. The van der Waals surface area contributed by atoms with Crippen molar-refractivity contribution >= 4 is 5.57 Å². The highest BCUT2D eigenvalue weighted by atomic mass is 14.4. The third-order valence-electron chi connectivity index (χ3n) is 4.27. The quantitative estimate of drug-likeness (QED) is 0.716. The molecule has 3 rings (SSSR count). The second kappa shape index (κ2) is 5.51. The topological polar surface area (TPSA) is 47.6 Å². The van der Waals surface area contributed by atoms with Crippen LogP contribution in [0.3, 0.4) is 0 Å². The summed E-state index contributed by atoms with van der Waals surface area (Å²) in [6, 6.07) is 20.4. The predicted molar refractivity (Wildman–Crippen MR) is 86.8 cm³/mol. The van der Waals surface area contributed by atoms with Crippen LogP contribution in [0.15, 0.2) is 54.1 Å². The molecule has 2 aromatic carbocycles. The molecule has 0 saturated carbocycles. The van der Waals surface area contributed by atoms with E-state index in [2.05, 4.69) is 38.1 Å². The van der Waals surface area contributed by atoms with Crippen LogP contribution in [0.1, 0.15) is 42.0 Å². The fourth-order valence-electron chi connectivity index (χ4n) is 3.43. The summed E-state index contributed by atoms with van der Waals surface area (Å²) in [5.41, 5.74) is 5.38. The maximum Gasteiger partial charge on any atom is 0.138 e. The minimum Gasteiger partial charge on any atom is -0.192 e. The summed E-state index contributed by atoms with van der Waals surface area (Å²) >= 11 is 0. The van der Waals surface area contributed by atoms with Crippen LogP contribution in [-0.2, 0) is 0 Å². The van der Waals surface area contributed by atoms with Gasteiger partial charge >= 0.3 is 0 Å². The number of hydrogen-bond donors (Lipinski definition) is 0. The summed E-state index contributed by atoms with van der Waals surface area (Å²) in [6.07, 6.45) is 0. The van der Waals surface area contributed by atoms with Crippen LogP contribution in [-0.4, -0.2) is 0 Å². The average Bonchev–Trinajstić information content (AvgIpc) is 2.54. The summed E-state index contributed by atoms with van der Waals surface area (Å²) in [5, 5.41) is 18.7. The minimum atomic E-state index is 0.183. The Bertz CT molecular complexity index is 779. The minimum absolute atomic E-state index is 0.183. The predicted octanol–water partition coefficient (Wildman–Crippen LogP) is 4.64. The van der Waals surface area contributed by atoms with E-state index in [0.717, 1.165) is 16.7 Å². The monoisotopic (exact) mass is 284 g/mol. The molecule has 22 heavy (non-hydrogen) atoms. The van der Waals surface area contributed by atoms with E-state index >= 15 is 0 Å². The molecular formula is C20H16N2. The molecule has 0 aromatic heterocycles. The van der Waals surface area contributed by atoms with Gasteiger partial charge in [-0.15, -0.1) is 0 Å². The van der Waals surface area contributed by atoms with Gasteiger partial charge in [0.25, 0.3) is 0 Å². The van der Waals surface area contributed by atoms with Crippen molar-refractivity contribution in [1.29, 1.82) is 10.5 Å². The van der Waals surface area contributed by atoms with Crippen molar-refractivity contribution in [3.63, 3.8) is 0 Å². The molecule has 0 radical (unpaired) electrons. The van der Waals surface area contributed by atoms with Crippen LogP contribution < -0.4 is 0 Å². The van der Waals surface area contributed by atoms with Crippen molar-refractivity contribution in [2.45, 2.75) is 19.8 Å². The SMILES string of the molecule is CC(C)C1c2ccccc2C(=C(C#N)C#N)c2ccccc21. The van der Waals surface area contributed by atoms with Gasteiger partial charge in [-0.3, -0.25) is 0 Å². The summed E-state index contributed by atoms with van der Waals surface area (Å²) in [4.78, 5) is 0. The van der Waals surface area contributed by atoms with Crippen molar-refractivity contribution < 1.29 is 0 Å². The second-order valence-corrected chi connectivity index (χ2v) is 5.87. The van der Waals surface area contributed by atoms with Gasteiger partial charge in [-0.25, -0.2) is 0 Å². The van der Waals surface area contributed by atoms with Crippen LogP contribution in [0.4, 0.5) is 0 Å². The van der Waals surface area contributed by atoms with Gasteiger partial charge in [0.15, 0.2) is 0 Å². The highest BCUT2D eigenvalue weighted by Gasteiger charge is 2.31. The van der Waals surface area contributed by atoms with E-state index in [1.165, 1.54) is 11.1 Å². The molecule has 0 heterocycles. The first-order chi connectivity index (χ1) is 10.7. The summed E-state index contributed by atoms with van der Waals surface area (Å²) in [5.74, 6) is 0.728. The average molecular weight is 284 g/mol. The van der Waals surface area contributed by atoms with Crippen LogP contribution in [0, 0.1) is 28.6 Å². The Morgan fingerprint density at radius 3 is 1.73 bits per heavy atom. The highest BCUT2D eigenvalue weighted by Crippen LogP contribution is 2.46. The maximum absolute atomic E-state index is 9.37. The van der Waals surface area contributed by atoms with Crippen molar-refractivity contribution in [2.24, 2.45) is 5.92 Å². The largest absolute Gasteiger partial charge is 0.192 e. The van der Waals surface area contributed by atoms with Crippen molar-refractivity contribution in [3.8, 4) is 12.1 Å². The first-order valence-corrected chi connectivity index (χ1v) is 7.42. The smallest absolute Gasteiger partial charge is 0.138 e. The molecule has 0 bridgehead atoms. The zero-order valence-electron chi connectivity index (χ0n) is 12.7. The molecule has 0 atom stereocenters.